The Hall–Kier alpha value is -5.16. The fraction of sp³-hybridized carbons (Fsp3) is 0.111. The number of rotatable bonds is 3. The van der Waals surface area contributed by atoms with Gasteiger partial charge in [0, 0.05) is 46.2 Å². The van der Waals surface area contributed by atoms with Crippen LogP contribution in [-0.2, 0) is 5.41 Å². The first-order chi connectivity index (χ1) is 20.0. The Morgan fingerprint density at radius 3 is 2.20 bits per heavy atom. The fourth-order valence-corrected chi connectivity index (χ4v) is 6.01. The lowest BCUT2D eigenvalue weighted by atomic mass is 9.86. The van der Waals surface area contributed by atoms with E-state index in [1.165, 1.54) is 21.7 Å². The number of fused-ring (bicyclic) bond motifs is 9. The Morgan fingerprint density at radius 1 is 0.585 bits per heavy atom. The van der Waals surface area contributed by atoms with Crippen LogP contribution in [0.15, 0.2) is 116 Å². The molecule has 0 unspecified atom stereocenters. The van der Waals surface area contributed by atoms with E-state index >= 15 is 0 Å². The van der Waals surface area contributed by atoms with Crippen LogP contribution in [0, 0.1) is 0 Å². The SMILES string of the molecule is CC(C)(C)c1ccc2c(c1)c1ccc(Oc3ccc4c5ccccc5n(-c5ccccn5)c4c3)cc1c1nccn21. The zero-order chi connectivity index (χ0) is 27.7. The van der Waals surface area contributed by atoms with Gasteiger partial charge < -0.3 is 4.74 Å². The van der Waals surface area contributed by atoms with Crippen molar-refractivity contribution in [1.82, 2.24) is 18.9 Å². The molecule has 8 aromatic rings. The fourth-order valence-electron chi connectivity index (χ4n) is 6.01. The molecular weight excluding hydrogens is 504 g/mol. The van der Waals surface area contributed by atoms with Crippen LogP contribution in [0.3, 0.4) is 0 Å². The van der Waals surface area contributed by atoms with Crippen molar-refractivity contribution in [3.63, 3.8) is 0 Å². The van der Waals surface area contributed by atoms with Crippen LogP contribution in [0.5, 0.6) is 11.5 Å². The standard InChI is InChI=1S/C36H28N4O/c1-36(2,3)23-11-16-31-29(20-23)26-14-12-24(21-30(26)35-38-18-19-39(31)35)41-25-13-15-28-27-8-4-5-9-32(27)40(33(28)22-25)34-10-6-7-17-37-34/h4-22H,1-3H3. The molecule has 4 heterocycles. The molecule has 198 valence electrons. The molecule has 0 fully saturated rings. The molecule has 8 rings (SSSR count). The van der Waals surface area contributed by atoms with Crippen LogP contribution in [0.25, 0.3) is 54.9 Å². The molecule has 4 aromatic carbocycles. The Kier molecular flexibility index (Phi) is 5.01. The lowest BCUT2D eigenvalue weighted by molar-refractivity contribution is 0.484. The maximum Gasteiger partial charge on any atom is 0.145 e. The van der Waals surface area contributed by atoms with Crippen LogP contribution in [0.4, 0.5) is 0 Å². The number of para-hydroxylation sites is 1. The second kappa shape index (κ2) is 8.67. The predicted molar refractivity (Wildman–Crippen MR) is 168 cm³/mol. The summed E-state index contributed by atoms with van der Waals surface area (Å²) in [5.41, 5.74) is 5.62. The third kappa shape index (κ3) is 3.70. The highest BCUT2D eigenvalue weighted by molar-refractivity contribution is 6.12. The molecule has 0 aliphatic rings. The third-order valence-corrected chi connectivity index (χ3v) is 8.04. The van der Waals surface area contributed by atoms with Crippen molar-refractivity contribution in [2.45, 2.75) is 26.2 Å². The van der Waals surface area contributed by atoms with Gasteiger partial charge in [0.25, 0.3) is 0 Å². The molecular formula is C36H28N4O. The monoisotopic (exact) mass is 532 g/mol. The van der Waals surface area contributed by atoms with Crippen molar-refractivity contribution in [1.29, 1.82) is 0 Å². The number of ether oxygens (including phenoxy) is 1. The molecule has 0 bridgehead atoms. The number of aromatic nitrogens is 4. The van der Waals surface area contributed by atoms with E-state index in [9.17, 15) is 0 Å². The van der Waals surface area contributed by atoms with E-state index in [-0.39, 0.29) is 5.41 Å². The maximum absolute atomic E-state index is 6.53. The van der Waals surface area contributed by atoms with Crippen molar-refractivity contribution in [2.24, 2.45) is 0 Å². The van der Waals surface area contributed by atoms with Gasteiger partial charge in [0.2, 0.25) is 0 Å². The van der Waals surface area contributed by atoms with Gasteiger partial charge in [-0.15, -0.1) is 0 Å². The Labute approximate surface area is 237 Å². The van der Waals surface area contributed by atoms with E-state index in [0.717, 1.165) is 50.3 Å². The molecule has 0 radical (unpaired) electrons. The van der Waals surface area contributed by atoms with Gasteiger partial charge in [0.15, 0.2) is 0 Å². The number of hydrogen-bond acceptors (Lipinski definition) is 3. The Bertz CT molecular complexity index is 2270. The number of pyridine rings is 2. The highest BCUT2D eigenvalue weighted by atomic mass is 16.5. The molecule has 41 heavy (non-hydrogen) atoms. The molecule has 0 aliphatic carbocycles. The lowest BCUT2D eigenvalue weighted by Crippen LogP contribution is -2.10. The highest BCUT2D eigenvalue weighted by Gasteiger charge is 2.18. The molecule has 0 saturated heterocycles. The molecule has 0 spiro atoms. The second-order valence-corrected chi connectivity index (χ2v) is 11.6. The topological polar surface area (TPSA) is 44.3 Å². The van der Waals surface area contributed by atoms with Crippen LogP contribution >= 0.6 is 0 Å². The van der Waals surface area contributed by atoms with E-state index < -0.39 is 0 Å². The molecule has 5 heteroatoms. The summed E-state index contributed by atoms with van der Waals surface area (Å²) in [5.74, 6) is 2.42. The van der Waals surface area contributed by atoms with Crippen molar-refractivity contribution in [3.8, 4) is 17.3 Å². The largest absolute Gasteiger partial charge is 0.457 e. The molecule has 5 nitrogen and oxygen atoms in total. The average molecular weight is 533 g/mol. The minimum Gasteiger partial charge on any atom is -0.457 e. The number of nitrogens with zero attached hydrogens (tertiary/aromatic N) is 4. The predicted octanol–water partition coefficient (Wildman–Crippen LogP) is 9.22. The summed E-state index contributed by atoms with van der Waals surface area (Å²) < 4.78 is 10.9. The molecule has 0 atom stereocenters. The lowest BCUT2D eigenvalue weighted by Gasteiger charge is -2.20. The van der Waals surface area contributed by atoms with Crippen molar-refractivity contribution in [3.05, 3.63) is 121 Å². The van der Waals surface area contributed by atoms with E-state index in [4.69, 9.17) is 9.72 Å². The smallest absolute Gasteiger partial charge is 0.145 e. The van der Waals surface area contributed by atoms with Gasteiger partial charge in [-0.05, 0) is 77.0 Å². The molecule has 0 N–H and O–H groups in total. The summed E-state index contributed by atoms with van der Waals surface area (Å²) in [6.07, 6.45) is 5.73. The Morgan fingerprint density at radius 2 is 1.37 bits per heavy atom. The minimum absolute atomic E-state index is 0.0594. The quantitative estimate of drug-likeness (QED) is 0.213. The summed E-state index contributed by atoms with van der Waals surface area (Å²) in [7, 11) is 0. The first kappa shape index (κ1) is 23.7. The van der Waals surface area contributed by atoms with Gasteiger partial charge in [-0.25, -0.2) is 9.97 Å². The van der Waals surface area contributed by atoms with Crippen LogP contribution < -0.4 is 4.74 Å². The second-order valence-electron chi connectivity index (χ2n) is 11.6. The summed E-state index contributed by atoms with van der Waals surface area (Å²) >= 11 is 0. The normalized spacial score (nSPS) is 12.3. The van der Waals surface area contributed by atoms with Crippen molar-refractivity contribution < 1.29 is 4.74 Å². The van der Waals surface area contributed by atoms with Crippen molar-refractivity contribution in [2.75, 3.05) is 0 Å². The zero-order valence-corrected chi connectivity index (χ0v) is 23.2. The maximum atomic E-state index is 6.53. The number of imidazole rings is 1. The summed E-state index contributed by atoms with van der Waals surface area (Å²) in [4.78, 5) is 9.38. The zero-order valence-electron chi connectivity index (χ0n) is 23.2. The minimum atomic E-state index is 0.0594. The van der Waals surface area contributed by atoms with Gasteiger partial charge in [0.1, 0.15) is 23.0 Å². The van der Waals surface area contributed by atoms with Gasteiger partial charge >= 0.3 is 0 Å². The average Bonchev–Trinajstić information content (AvgIpc) is 3.60. The van der Waals surface area contributed by atoms with Crippen LogP contribution in [0.1, 0.15) is 26.3 Å². The van der Waals surface area contributed by atoms with E-state index in [1.807, 2.05) is 42.9 Å². The van der Waals surface area contributed by atoms with Gasteiger partial charge in [-0.2, -0.15) is 0 Å². The third-order valence-electron chi connectivity index (χ3n) is 8.04. The highest BCUT2D eigenvalue weighted by Crippen LogP contribution is 2.37. The Balaban J connectivity index is 1.29. The summed E-state index contributed by atoms with van der Waals surface area (Å²) in [6, 6.07) is 33.8. The summed E-state index contributed by atoms with van der Waals surface area (Å²) in [6.45, 7) is 6.76. The molecule has 0 saturated carbocycles. The van der Waals surface area contributed by atoms with Gasteiger partial charge in [-0.1, -0.05) is 51.1 Å². The first-order valence-corrected chi connectivity index (χ1v) is 13.9. The first-order valence-electron chi connectivity index (χ1n) is 13.9. The molecule has 0 aliphatic heterocycles. The van der Waals surface area contributed by atoms with Gasteiger partial charge in [0.05, 0.1) is 16.6 Å². The van der Waals surface area contributed by atoms with E-state index in [1.54, 1.807) is 0 Å². The number of hydrogen-bond donors (Lipinski definition) is 0. The van der Waals surface area contributed by atoms with Gasteiger partial charge in [-0.3, -0.25) is 8.97 Å². The van der Waals surface area contributed by atoms with Crippen LogP contribution in [-0.4, -0.2) is 18.9 Å². The van der Waals surface area contributed by atoms with Crippen LogP contribution in [0.2, 0.25) is 0 Å². The summed E-state index contributed by atoms with van der Waals surface area (Å²) in [5, 5.41) is 5.80. The molecule has 0 amide bonds. The van der Waals surface area contributed by atoms with Crippen molar-refractivity contribution >= 4 is 49.1 Å². The van der Waals surface area contributed by atoms with E-state index in [2.05, 4.69) is 108 Å². The van der Waals surface area contributed by atoms with E-state index in [0.29, 0.717) is 0 Å². The molecule has 4 aromatic heterocycles. The number of benzene rings is 4.